The maximum absolute atomic E-state index is 12.6. The number of esters is 2. The lowest BCUT2D eigenvalue weighted by molar-refractivity contribution is -0.149. The van der Waals surface area contributed by atoms with Gasteiger partial charge in [-0.05, 0) is 36.8 Å². The second-order valence-corrected chi connectivity index (χ2v) is 6.49. The molecule has 2 fully saturated rings. The van der Waals surface area contributed by atoms with Gasteiger partial charge in [0.15, 0.2) is 0 Å². The number of allylic oxidation sites excluding steroid dienone is 1. The van der Waals surface area contributed by atoms with Gasteiger partial charge in [-0.25, -0.2) is 9.59 Å². The molecule has 1 saturated heterocycles. The lowest BCUT2D eigenvalue weighted by atomic mass is 9.88. The molecular weight excluding hydrogens is 312 g/mol. The number of carbonyl (C=O) groups is 2. The molecule has 4 rings (SSSR count). The van der Waals surface area contributed by atoms with E-state index in [4.69, 9.17) is 4.74 Å². The van der Waals surface area contributed by atoms with Gasteiger partial charge in [0.05, 0.1) is 11.1 Å². The number of carbonyl (C=O) groups excluding carboxylic acids is 2. The summed E-state index contributed by atoms with van der Waals surface area (Å²) in [6.07, 6.45) is 2.13. The molecule has 1 aliphatic carbocycles. The van der Waals surface area contributed by atoms with Gasteiger partial charge in [-0.3, -0.25) is 0 Å². The molecule has 3 heteroatoms. The number of rotatable bonds is 3. The number of ether oxygens (including phenoxy) is 1. The fraction of sp³-hybridized carbons (Fsp3) is 0.182. The van der Waals surface area contributed by atoms with Gasteiger partial charge >= 0.3 is 11.9 Å². The third-order valence-electron chi connectivity index (χ3n) is 4.80. The van der Waals surface area contributed by atoms with Crippen LogP contribution in [-0.2, 0) is 14.3 Å². The number of benzene rings is 2. The molecule has 3 nitrogen and oxygen atoms in total. The zero-order chi connectivity index (χ0) is 17.4. The molecule has 1 saturated carbocycles. The van der Waals surface area contributed by atoms with Crippen molar-refractivity contribution in [1.82, 2.24) is 0 Å². The smallest absolute Gasteiger partial charge is 0.347 e. The average molecular weight is 330 g/mol. The molecule has 1 heterocycles. The fourth-order valence-electron chi connectivity index (χ4n) is 3.36. The quantitative estimate of drug-likeness (QED) is 0.479. The summed E-state index contributed by atoms with van der Waals surface area (Å²) in [5.74, 6) is -0.687. The highest BCUT2D eigenvalue weighted by Crippen LogP contribution is 2.43. The third kappa shape index (κ3) is 2.82. The molecule has 25 heavy (non-hydrogen) atoms. The lowest BCUT2D eigenvalue weighted by Gasteiger charge is -2.12. The fourth-order valence-corrected chi connectivity index (χ4v) is 3.36. The van der Waals surface area contributed by atoms with Gasteiger partial charge in [-0.1, -0.05) is 66.2 Å². The zero-order valence-corrected chi connectivity index (χ0v) is 14.0. The SMILES string of the molecule is C/C(=C1\C(=O)OC(=O)C1=C(c1ccccc1)c1ccccc1)C1CC1. The average Bonchev–Trinajstić information content (AvgIpc) is 3.43. The van der Waals surface area contributed by atoms with Gasteiger partial charge in [0.2, 0.25) is 0 Å². The highest BCUT2D eigenvalue weighted by molar-refractivity contribution is 6.23. The third-order valence-corrected chi connectivity index (χ3v) is 4.80. The highest BCUT2D eigenvalue weighted by Gasteiger charge is 2.40. The minimum atomic E-state index is -0.553. The van der Waals surface area contributed by atoms with E-state index in [1.807, 2.05) is 67.6 Å². The Morgan fingerprint density at radius 2 is 1.28 bits per heavy atom. The molecule has 0 spiro atoms. The Morgan fingerprint density at radius 3 is 1.76 bits per heavy atom. The minimum absolute atomic E-state index is 0.385. The van der Waals surface area contributed by atoms with Gasteiger partial charge < -0.3 is 4.74 Å². The van der Waals surface area contributed by atoms with Gasteiger partial charge in [-0.15, -0.1) is 0 Å². The van der Waals surface area contributed by atoms with E-state index in [9.17, 15) is 9.59 Å². The Hall–Kier alpha value is -2.94. The zero-order valence-electron chi connectivity index (χ0n) is 14.0. The van der Waals surface area contributed by atoms with Gasteiger partial charge in [0, 0.05) is 5.57 Å². The summed E-state index contributed by atoms with van der Waals surface area (Å²) in [6, 6.07) is 19.4. The molecule has 0 bridgehead atoms. The summed E-state index contributed by atoms with van der Waals surface area (Å²) in [6.45, 7) is 1.94. The summed E-state index contributed by atoms with van der Waals surface area (Å²) in [5, 5.41) is 0. The molecule has 2 aliphatic rings. The molecule has 0 unspecified atom stereocenters. The topological polar surface area (TPSA) is 43.4 Å². The van der Waals surface area contributed by atoms with Crippen molar-refractivity contribution < 1.29 is 14.3 Å². The van der Waals surface area contributed by atoms with Crippen molar-refractivity contribution in [3.63, 3.8) is 0 Å². The number of hydrogen-bond acceptors (Lipinski definition) is 3. The van der Waals surface area contributed by atoms with Crippen LogP contribution in [-0.4, -0.2) is 11.9 Å². The van der Waals surface area contributed by atoms with Crippen molar-refractivity contribution in [1.29, 1.82) is 0 Å². The summed E-state index contributed by atoms with van der Waals surface area (Å²) < 4.78 is 5.02. The summed E-state index contributed by atoms with van der Waals surface area (Å²) in [4.78, 5) is 25.0. The number of cyclic esters (lactones) is 2. The predicted octanol–water partition coefficient (Wildman–Crippen LogP) is 4.30. The van der Waals surface area contributed by atoms with E-state index in [0.29, 0.717) is 17.1 Å². The Bertz CT molecular complexity index is 859. The first-order valence-corrected chi connectivity index (χ1v) is 8.49. The maximum Gasteiger partial charge on any atom is 0.347 e. The Kier molecular flexibility index (Phi) is 3.85. The van der Waals surface area contributed by atoms with Gasteiger partial charge in [0.1, 0.15) is 0 Å². The lowest BCUT2D eigenvalue weighted by Crippen LogP contribution is -2.04. The Morgan fingerprint density at radius 1 is 0.800 bits per heavy atom. The van der Waals surface area contributed by atoms with E-state index in [0.717, 1.165) is 35.1 Å². The largest absolute Gasteiger partial charge is 0.386 e. The van der Waals surface area contributed by atoms with Crippen molar-refractivity contribution in [2.45, 2.75) is 19.8 Å². The van der Waals surface area contributed by atoms with Crippen LogP contribution in [0.3, 0.4) is 0 Å². The molecule has 0 radical (unpaired) electrons. The molecule has 124 valence electrons. The van der Waals surface area contributed by atoms with E-state index < -0.39 is 11.9 Å². The van der Waals surface area contributed by atoms with Crippen LogP contribution < -0.4 is 0 Å². The van der Waals surface area contributed by atoms with E-state index in [1.165, 1.54) is 0 Å². The van der Waals surface area contributed by atoms with Crippen molar-refractivity contribution >= 4 is 17.5 Å². The van der Waals surface area contributed by atoms with Crippen molar-refractivity contribution in [2.24, 2.45) is 5.92 Å². The summed E-state index contributed by atoms with van der Waals surface area (Å²) in [5.41, 5.74) is 4.37. The number of hydrogen-bond donors (Lipinski definition) is 0. The first-order valence-electron chi connectivity index (χ1n) is 8.49. The van der Waals surface area contributed by atoms with Crippen LogP contribution >= 0.6 is 0 Å². The molecule has 0 aromatic heterocycles. The molecular formula is C22H18O3. The molecule has 2 aromatic rings. The Balaban J connectivity index is 2.03. The second kappa shape index (κ2) is 6.17. The maximum atomic E-state index is 12.6. The molecule has 0 N–H and O–H groups in total. The van der Waals surface area contributed by atoms with E-state index in [2.05, 4.69) is 0 Å². The van der Waals surface area contributed by atoms with Crippen molar-refractivity contribution in [3.8, 4) is 0 Å². The normalized spacial score (nSPS) is 19.0. The van der Waals surface area contributed by atoms with Crippen molar-refractivity contribution in [3.05, 3.63) is 88.5 Å². The summed E-state index contributed by atoms with van der Waals surface area (Å²) >= 11 is 0. The standard InChI is InChI=1S/C22H18O3/c1-14(15-12-13-15)18-20(22(24)25-21(18)23)19(16-8-4-2-5-9-16)17-10-6-3-7-11-17/h2-11,15H,12-13H2,1H3/b18-14+. The summed E-state index contributed by atoms with van der Waals surface area (Å²) in [7, 11) is 0. The van der Waals surface area contributed by atoms with Crippen LogP contribution in [0.25, 0.3) is 5.57 Å². The molecule has 2 aromatic carbocycles. The van der Waals surface area contributed by atoms with E-state index in [1.54, 1.807) is 0 Å². The van der Waals surface area contributed by atoms with Crippen LogP contribution in [0.2, 0.25) is 0 Å². The molecule has 0 atom stereocenters. The van der Waals surface area contributed by atoms with Crippen LogP contribution in [0.1, 0.15) is 30.9 Å². The van der Waals surface area contributed by atoms with Crippen molar-refractivity contribution in [2.75, 3.05) is 0 Å². The van der Waals surface area contributed by atoms with Crippen LogP contribution in [0.4, 0.5) is 0 Å². The Labute approximate surface area is 146 Å². The van der Waals surface area contributed by atoms with Gasteiger partial charge in [0.25, 0.3) is 0 Å². The van der Waals surface area contributed by atoms with Crippen LogP contribution in [0.5, 0.6) is 0 Å². The minimum Gasteiger partial charge on any atom is -0.386 e. The molecule has 1 aliphatic heterocycles. The van der Waals surface area contributed by atoms with Crippen LogP contribution in [0.15, 0.2) is 77.4 Å². The first kappa shape index (κ1) is 15.6. The van der Waals surface area contributed by atoms with E-state index >= 15 is 0 Å². The highest BCUT2D eigenvalue weighted by atomic mass is 16.6. The van der Waals surface area contributed by atoms with Gasteiger partial charge in [-0.2, -0.15) is 0 Å². The predicted molar refractivity (Wildman–Crippen MR) is 95.4 cm³/mol. The molecule has 0 amide bonds. The monoisotopic (exact) mass is 330 g/mol. The van der Waals surface area contributed by atoms with E-state index in [-0.39, 0.29) is 0 Å². The second-order valence-electron chi connectivity index (χ2n) is 6.49. The van der Waals surface area contributed by atoms with Crippen LogP contribution in [0, 0.1) is 5.92 Å². The first-order chi connectivity index (χ1) is 12.2.